The zero-order valence-electron chi connectivity index (χ0n) is 15.1. The highest BCUT2D eigenvalue weighted by Crippen LogP contribution is 2.32. The van der Waals surface area contributed by atoms with Gasteiger partial charge in [-0.2, -0.15) is 0 Å². The Labute approximate surface area is 153 Å². The first-order valence-electron chi connectivity index (χ1n) is 8.75. The molecule has 6 heteroatoms. The van der Waals surface area contributed by atoms with Crippen LogP contribution in [0.4, 0.5) is 0 Å². The second-order valence-electron chi connectivity index (χ2n) is 6.39. The molecule has 3 N–H and O–H groups in total. The molecule has 0 radical (unpaired) electrons. The lowest BCUT2D eigenvalue weighted by Gasteiger charge is -2.26. The maximum Gasteiger partial charge on any atom is 0.160 e. The lowest BCUT2D eigenvalue weighted by molar-refractivity contribution is 0.278. The first kappa shape index (κ1) is 18.2. The van der Waals surface area contributed by atoms with Crippen LogP contribution < -0.4 is 10.1 Å². The molecule has 0 aliphatic rings. The Bertz CT molecular complexity index is 862. The number of imidazole rings is 1. The number of aliphatic hydroxyl groups excluding tert-OH is 1. The Morgan fingerprint density at radius 1 is 1.23 bits per heavy atom. The molecular weight excluding hydrogens is 330 g/mol. The molecule has 6 nitrogen and oxygen atoms in total. The number of fused-ring (bicyclic) bond motifs is 1. The third-order valence-corrected chi connectivity index (χ3v) is 4.73. The Hall–Kier alpha value is -2.57. The van der Waals surface area contributed by atoms with E-state index >= 15 is 0 Å². The second kappa shape index (κ2) is 8.21. The van der Waals surface area contributed by atoms with Crippen molar-refractivity contribution in [2.75, 3.05) is 20.3 Å². The number of aromatic nitrogens is 2. The lowest BCUT2D eigenvalue weighted by atomic mass is 9.91. The number of hydrogen-bond acceptors (Lipinski definition) is 5. The van der Waals surface area contributed by atoms with Gasteiger partial charge >= 0.3 is 0 Å². The topological polar surface area (TPSA) is 79.5 Å². The van der Waals surface area contributed by atoms with E-state index in [1.54, 1.807) is 13.2 Å². The van der Waals surface area contributed by atoms with Crippen molar-refractivity contribution in [2.24, 2.45) is 0 Å². The van der Waals surface area contributed by atoms with Gasteiger partial charge in [0.15, 0.2) is 11.5 Å². The van der Waals surface area contributed by atoms with E-state index in [-0.39, 0.29) is 24.3 Å². The molecule has 1 heterocycles. The van der Waals surface area contributed by atoms with Crippen LogP contribution in [0.2, 0.25) is 0 Å². The van der Waals surface area contributed by atoms with Gasteiger partial charge < -0.3 is 24.8 Å². The van der Waals surface area contributed by atoms with Crippen LogP contribution in [0, 0.1) is 0 Å². The van der Waals surface area contributed by atoms with Gasteiger partial charge in [-0.3, -0.25) is 0 Å². The van der Waals surface area contributed by atoms with Crippen LogP contribution in [0.25, 0.3) is 11.0 Å². The molecule has 0 amide bonds. The molecular formula is C20H25N3O3. The summed E-state index contributed by atoms with van der Waals surface area (Å²) < 4.78 is 7.41. The third kappa shape index (κ3) is 3.81. The Balaban J connectivity index is 1.95. The molecule has 0 spiro atoms. The molecule has 0 aliphatic carbocycles. The standard InChI is InChI=1S/C20H25N3O3/c1-14(21-9-10-24)16(15-7-8-19(25)20(11-15)26-2)12-23-13-22-17-5-3-4-6-18(17)23/h3-8,11,13-14,16,21,24-25H,9-10,12H2,1-2H3. The molecule has 2 aromatic carbocycles. The molecule has 2 atom stereocenters. The number of methoxy groups -OCH3 is 1. The predicted octanol–water partition coefficient (Wildman–Crippen LogP) is 2.50. The molecule has 26 heavy (non-hydrogen) atoms. The summed E-state index contributed by atoms with van der Waals surface area (Å²) in [6, 6.07) is 13.6. The summed E-state index contributed by atoms with van der Waals surface area (Å²) in [6.45, 7) is 3.42. The van der Waals surface area contributed by atoms with Crippen LogP contribution in [-0.4, -0.2) is 46.1 Å². The van der Waals surface area contributed by atoms with E-state index in [1.165, 1.54) is 0 Å². The number of aromatic hydroxyl groups is 1. The molecule has 0 fully saturated rings. The summed E-state index contributed by atoms with van der Waals surface area (Å²) in [5.41, 5.74) is 3.10. The highest BCUT2D eigenvalue weighted by Gasteiger charge is 2.22. The fraction of sp³-hybridized carbons (Fsp3) is 0.350. The fourth-order valence-corrected chi connectivity index (χ4v) is 3.28. The predicted molar refractivity (Wildman–Crippen MR) is 102 cm³/mol. The quantitative estimate of drug-likeness (QED) is 0.579. The third-order valence-electron chi connectivity index (χ3n) is 4.73. The number of nitrogens with one attached hydrogen (secondary N) is 1. The molecule has 3 aromatic rings. The van der Waals surface area contributed by atoms with E-state index in [4.69, 9.17) is 9.84 Å². The molecule has 0 saturated heterocycles. The molecule has 3 rings (SSSR count). The minimum atomic E-state index is 0.0873. The van der Waals surface area contributed by atoms with Crippen LogP contribution in [0.1, 0.15) is 18.4 Å². The van der Waals surface area contributed by atoms with Gasteiger partial charge in [0.25, 0.3) is 0 Å². The average Bonchev–Trinajstić information content (AvgIpc) is 3.08. The number of ether oxygens (including phenoxy) is 1. The maximum absolute atomic E-state index is 9.91. The van der Waals surface area contributed by atoms with Crippen molar-refractivity contribution >= 4 is 11.0 Å². The summed E-state index contributed by atoms with van der Waals surface area (Å²) in [5, 5.41) is 22.4. The van der Waals surface area contributed by atoms with Crippen molar-refractivity contribution in [3.8, 4) is 11.5 Å². The summed E-state index contributed by atoms with van der Waals surface area (Å²) in [5.74, 6) is 0.685. The van der Waals surface area contributed by atoms with Gasteiger partial charge in [0, 0.05) is 25.0 Å². The van der Waals surface area contributed by atoms with Crippen molar-refractivity contribution in [3.05, 3.63) is 54.4 Å². The minimum absolute atomic E-state index is 0.0873. The smallest absolute Gasteiger partial charge is 0.160 e. The van der Waals surface area contributed by atoms with E-state index in [1.807, 2.05) is 36.7 Å². The molecule has 0 bridgehead atoms. The van der Waals surface area contributed by atoms with Gasteiger partial charge in [0.05, 0.1) is 31.1 Å². The monoisotopic (exact) mass is 355 g/mol. The van der Waals surface area contributed by atoms with Gasteiger partial charge in [0.2, 0.25) is 0 Å². The van der Waals surface area contributed by atoms with Crippen molar-refractivity contribution in [3.63, 3.8) is 0 Å². The number of rotatable bonds is 8. The zero-order chi connectivity index (χ0) is 18.5. The SMILES string of the molecule is COc1cc(C(Cn2cnc3ccccc32)C(C)NCCO)ccc1O. The number of benzene rings is 2. The molecule has 0 saturated carbocycles. The summed E-state index contributed by atoms with van der Waals surface area (Å²) in [7, 11) is 1.55. The Morgan fingerprint density at radius 3 is 2.81 bits per heavy atom. The van der Waals surface area contributed by atoms with Crippen LogP contribution >= 0.6 is 0 Å². The van der Waals surface area contributed by atoms with E-state index in [0.29, 0.717) is 18.8 Å². The fourth-order valence-electron chi connectivity index (χ4n) is 3.28. The molecule has 1 aromatic heterocycles. The average molecular weight is 355 g/mol. The van der Waals surface area contributed by atoms with Gasteiger partial charge in [-0.1, -0.05) is 18.2 Å². The number of aliphatic hydroxyl groups is 1. The largest absolute Gasteiger partial charge is 0.504 e. The van der Waals surface area contributed by atoms with E-state index < -0.39 is 0 Å². The number of para-hydroxylation sites is 2. The lowest BCUT2D eigenvalue weighted by Crippen LogP contribution is -2.36. The van der Waals surface area contributed by atoms with Crippen LogP contribution in [0.5, 0.6) is 11.5 Å². The first-order chi connectivity index (χ1) is 12.6. The number of hydrogen-bond donors (Lipinski definition) is 3. The highest BCUT2D eigenvalue weighted by atomic mass is 16.5. The van der Waals surface area contributed by atoms with Crippen molar-refractivity contribution in [1.82, 2.24) is 14.9 Å². The summed E-state index contributed by atoms with van der Waals surface area (Å²) in [6.07, 6.45) is 1.86. The first-order valence-corrected chi connectivity index (χ1v) is 8.75. The molecule has 138 valence electrons. The van der Waals surface area contributed by atoms with Crippen molar-refractivity contribution in [2.45, 2.75) is 25.4 Å². The van der Waals surface area contributed by atoms with E-state index in [9.17, 15) is 5.11 Å². The highest BCUT2D eigenvalue weighted by molar-refractivity contribution is 5.74. The maximum atomic E-state index is 9.91. The number of nitrogens with zero attached hydrogens (tertiary/aromatic N) is 2. The van der Waals surface area contributed by atoms with Crippen molar-refractivity contribution in [1.29, 1.82) is 0 Å². The normalized spacial score (nSPS) is 13.7. The van der Waals surface area contributed by atoms with Gasteiger partial charge in [-0.15, -0.1) is 0 Å². The Morgan fingerprint density at radius 2 is 2.04 bits per heavy atom. The molecule has 0 aliphatic heterocycles. The van der Waals surface area contributed by atoms with Crippen molar-refractivity contribution < 1.29 is 14.9 Å². The van der Waals surface area contributed by atoms with Crippen LogP contribution in [0.15, 0.2) is 48.8 Å². The van der Waals surface area contributed by atoms with Crippen LogP contribution in [0.3, 0.4) is 0 Å². The van der Waals surface area contributed by atoms with Gasteiger partial charge in [-0.25, -0.2) is 4.98 Å². The number of phenolic OH excluding ortho intramolecular Hbond substituents is 1. The summed E-state index contributed by atoms with van der Waals surface area (Å²) >= 11 is 0. The summed E-state index contributed by atoms with van der Waals surface area (Å²) in [4.78, 5) is 4.47. The van der Waals surface area contributed by atoms with Crippen LogP contribution in [-0.2, 0) is 6.54 Å². The number of phenols is 1. The van der Waals surface area contributed by atoms with E-state index in [2.05, 4.69) is 27.9 Å². The zero-order valence-corrected chi connectivity index (χ0v) is 15.1. The Kier molecular flexibility index (Phi) is 5.75. The second-order valence-corrected chi connectivity index (χ2v) is 6.39. The molecule has 2 unspecified atom stereocenters. The van der Waals surface area contributed by atoms with E-state index in [0.717, 1.165) is 16.6 Å². The van der Waals surface area contributed by atoms with Gasteiger partial charge in [0.1, 0.15) is 0 Å². The van der Waals surface area contributed by atoms with Gasteiger partial charge in [-0.05, 0) is 36.8 Å². The minimum Gasteiger partial charge on any atom is -0.504 e.